The minimum Gasteiger partial charge on any atom is -0.382 e. The minimum absolute atomic E-state index is 0.00485. The molecule has 0 saturated carbocycles. The average Bonchev–Trinajstić information content (AvgIpc) is 2.87. The predicted molar refractivity (Wildman–Crippen MR) is 128 cm³/mol. The molecule has 1 amide bonds. The van der Waals surface area contributed by atoms with E-state index in [2.05, 4.69) is 25.3 Å². The zero-order valence-electron chi connectivity index (χ0n) is 17.9. The Bertz CT molecular complexity index is 1510. The Morgan fingerprint density at radius 1 is 0.853 bits per heavy atom. The second kappa shape index (κ2) is 9.03. The summed E-state index contributed by atoms with van der Waals surface area (Å²) in [6.07, 6.45) is 1.73. The van der Waals surface area contributed by atoms with Gasteiger partial charge in [-0.25, -0.2) is 15.0 Å². The van der Waals surface area contributed by atoms with Crippen molar-refractivity contribution < 1.29 is 9.18 Å². The number of anilines is 1. The van der Waals surface area contributed by atoms with Gasteiger partial charge in [0.25, 0.3) is 5.91 Å². The standard InChI is InChI=1S/C26H19FN6O/c27-21-10-4-9-19(31-21)15-30-26(34)24-25(28)33-22(16-6-2-1-3-7-16)23(32-24)18-11-12-20-17(14-18)8-5-13-29-20/h1-14H,15H2,(H2,28,33)(H,30,34). The highest BCUT2D eigenvalue weighted by Gasteiger charge is 2.20. The van der Waals surface area contributed by atoms with Crippen molar-refractivity contribution >= 4 is 22.6 Å². The van der Waals surface area contributed by atoms with Crippen molar-refractivity contribution in [2.24, 2.45) is 0 Å². The fourth-order valence-corrected chi connectivity index (χ4v) is 3.64. The molecule has 2 aromatic carbocycles. The Hall–Kier alpha value is -4.72. The number of pyridine rings is 2. The Labute approximate surface area is 194 Å². The normalized spacial score (nSPS) is 10.9. The van der Waals surface area contributed by atoms with E-state index in [0.29, 0.717) is 17.1 Å². The minimum atomic E-state index is -0.619. The number of nitrogens with one attached hydrogen (secondary N) is 1. The maximum Gasteiger partial charge on any atom is 0.274 e. The van der Waals surface area contributed by atoms with E-state index in [1.165, 1.54) is 12.1 Å². The monoisotopic (exact) mass is 450 g/mol. The van der Waals surface area contributed by atoms with Gasteiger partial charge in [0.1, 0.15) is 0 Å². The number of nitrogen functional groups attached to an aromatic ring is 1. The van der Waals surface area contributed by atoms with Crippen LogP contribution in [-0.2, 0) is 6.54 Å². The van der Waals surface area contributed by atoms with Crippen LogP contribution in [0.25, 0.3) is 33.4 Å². The second-order valence-corrected chi connectivity index (χ2v) is 7.57. The summed E-state index contributed by atoms with van der Waals surface area (Å²) in [6, 6.07) is 23.5. The van der Waals surface area contributed by atoms with Gasteiger partial charge in [0.2, 0.25) is 5.95 Å². The number of benzene rings is 2. The van der Waals surface area contributed by atoms with Crippen LogP contribution in [0.4, 0.5) is 10.2 Å². The van der Waals surface area contributed by atoms with Gasteiger partial charge in [0, 0.05) is 22.7 Å². The Morgan fingerprint density at radius 2 is 1.68 bits per heavy atom. The van der Waals surface area contributed by atoms with Crippen LogP contribution in [-0.4, -0.2) is 25.8 Å². The number of hydrogen-bond acceptors (Lipinski definition) is 6. The molecule has 34 heavy (non-hydrogen) atoms. The topological polar surface area (TPSA) is 107 Å². The zero-order chi connectivity index (χ0) is 23.5. The smallest absolute Gasteiger partial charge is 0.274 e. The van der Waals surface area contributed by atoms with Crippen LogP contribution in [0, 0.1) is 5.95 Å². The average molecular weight is 450 g/mol. The van der Waals surface area contributed by atoms with Crippen molar-refractivity contribution in [1.82, 2.24) is 25.3 Å². The molecule has 3 aromatic heterocycles. The van der Waals surface area contributed by atoms with Crippen LogP contribution in [0.1, 0.15) is 16.2 Å². The number of nitrogens with two attached hydrogens (primary N) is 1. The number of aromatic nitrogens is 4. The SMILES string of the molecule is Nc1nc(-c2ccccc2)c(-c2ccc3ncccc3c2)nc1C(=O)NCc1cccc(F)n1. The summed E-state index contributed by atoms with van der Waals surface area (Å²) in [7, 11) is 0. The molecule has 0 fully saturated rings. The van der Waals surface area contributed by atoms with Gasteiger partial charge in [-0.15, -0.1) is 0 Å². The Kier molecular flexibility index (Phi) is 5.61. The van der Waals surface area contributed by atoms with E-state index in [4.69, 9.17) is 5.73 Å². The van der Waals surface area contributed by atoms with Crippen LogP contribution in [0.15, 0.2) is 85.1 Å². The first kappa shape index (κ1) is 21.1. The van der Waals surface area contributed by atoms with Crippen molar-refractivity contribution in [3.8, 4) is 22.5 Å². The van der Waals surface area contributed by atoms with E-state index in [0.717, 1.165) is 22.0 Å². The molecule has 3 heterocycles. The van der Waals surface area contributed by atoms with Crippen LogP contribution >= 0.6 is 0 Å². The van der Waals surface area contributed by atoms with Gasteiger partial charge in [-0.1, -0.05) is 48.5 Å². The third kappa shape index (κ3) is 4.29. The fraction of sp³-hybridized carbons (Fsp3) is 0.0385. The summed E-state index contributed by atoms with van der Waals surface area (Å²) in [5.74, 6) is -1.15. The van der Waals surface area contributed by atoms with Crippen molar-refractivity contribution in [3.05, 3.63) is 102 Å². The molecule has 5 rings (SSSR count). The predicted octanol–water partition coefficient (Wildman–Crippen LogP) is 4.41. The second-order valence-electron chi connectivity index (χ2n) is 7.57. The third-order valence-electron chi connectivity index (χ3n) is 5.26. The summed E-state index contributed by atoms with van der Waals surface area (Å²) in [6.45, 7) is 0.0229. The summed E-state index contributed by atoms with van der Waals surface area (Å²) in [5, 5.41) is 3.62. The van der Waals surface area contributed by atoms with E-state index in [9.17, 15) is 9.18 Å². The van der Waals surface area contributed by atoms with Gasteiger partial charge in [-0.05, 0) is 30.3 Å². The summed E-state index contributed by atoms with van der Waals surface area (Å²) >= 11 is 0. The van der Waals surface area contributed by atoms with Gasteiger partial charge < -0.3 is 11.1 Å². The number of carbonyl (C=O) groups excluding carboxylic acids is 1. The summed E-state index contributed by atoms with van der Waals surface area (Å²) in [4.78, 5) is 30.3. The number of carbonyl (C=O) groups is 1. The molecule has 8 heteroatoms. The molecule has 0 aliphatic heterocycles. The lowest BCUT2D eigenvalue weighted by atomic mass is 10.0. The molecule has 0 radical (unpaired) electrons. The molecular formula is C26H19FN6O. The highest BCUT2D eigenvalue weighted by atomic mass is 19.1. The van der Waals surface area contributed by atoms with Crippen LogP contribution in [0.5, 0.6) is 0 Å². The summed E-state index contributed by atoms with van der Waals surface area (Å²) < 4.78 is 13.4. The number of rotatable bonds is 5. The number of hydrogen-bond donors (Lipinski definition) is 2. The van der Waals surface area contributed by atoms with Gasteiger partial charge in [-0.2, -0.15) is 4.39 Å². The lowest BCUT2D eigenvalue weighted by Gasteiger charge is -2.13. The van der Waals surface area contributed by atoms with Gasteiger partial charge in [0.15, 0.2) is 11.5 Å². The van der Waals surface area contributed by atoms with E-state index in [1.807, 2.05) is 60.7 Å². The molecule has 7 nitrogen and oxygen atoms in total. The first-order valence-electron chi connectivity index (χ1n) is 10.6. The van der Waals surface area contributed by atoms with Crippen LogP contribution in [0.2, 0.25) is 0 Å². The molecule has 0 saturated heterocycles. The Balaban J connectivity index is 1.57. The lowest BCUT2D eigenvalue weighted by Crippen LogP contribution is -2.26. The summed E-state index contributed by atoms with van der Waals surface area (Å²) in [5.41, 5.74) is 10.0. The van der Waals surface area contributed by atoms with Crippen molar-refractivity contribution in [1.29, 1.82) is 0 Å². The van der Waals surface area contributed by atoms with Gasteiger partial charge in [0.05, 0.1) is 29.1 Å². The molecule has 5 aromatic rings. The number of amides is 1. The molecule has 0 unspecified atom stereocenters. The molecule has 0 bridgehead atoms. The van der Waals surface area contributed by atoms with Gasteiger partial charge >= 0.3 is 0 Å². The van der Waals surface area contributed by atoms with E-state index >= 15 is 0 Å². The number of fused-ring (bicyclic) bond motifs is 1. The molecule has 0 spiro atoms. The first-order chi connectivity index (χ1) is 16.6. The zero-order valence-corrected chi connectivity index (χ0v) is 17.9. The van der Waals surface area contributed by atoms with E-state index in [-0.39, 0.29) is 18.1 Å². The molecule has 0 aliphatic rings. The highest BCUT2D eigenvalue weighted by molar-refractivity contribution is 5.98. The fourth-order valence-electron chi connectivity index (χ4n) is 3.64. The molecule has 166 valence electrons. The van der Waals surface area contributed by atoms with Gasteiger partial charge in [-0.3, -0.25) is 9.78 Å². The molecular weight excluding hydrogens is 431 g/mol. The van der Waals surface area contributed by atoms with Crippen LogP contribution in [0.3, 0.4) is 0 Å². The van der Waals surface area contributed by atoms with Crippen molar-refractivity contribution in [2.45, 2.75) is 6.54 Å². The van der Waals surface area contributed by atoms with E-state index < -0.39 is 11.9 Å². The third-order valence-corrected chi connectivity index (χ3v) is 5.26. The largest absolute Gasteiger partial charge is 0.382 e. The first-order valence-corrected chi connectivity index (χ1v) is 10.6. The molecule has 0 aliphatic carbocycles. The highest BCUT2D eigenvalue weighted by Crippen LogP contribution is 2.32. The lowest BCUT2D eigenvalue weighted by molar-refractivity contribution is 0.0946. The van der Waals surface area contributed by atoms with Crippen molar-refractivity contribution in [2.75, 3.05) is 5.73 Å². The molecule has 3 N–H and O–H groups in total. The number of nitrogens with zero attached hydrogens (tertiary/aromatic N) is 4. The maximum atomic E-state index is 13.4. The number of halogens is 1. The van der Waals surface area contributed by atoms with Crippen LogP contribution < -0.4 is 11.1 Å². The molecule has 0 atom stereocenters. The Morgan fingerprint density at radius 3 is 2.50 bits per heavy atom. The van der Waals surface area contributed by atoms with E-state index in [1.54, 1.807) is 12.3 Å². The quantitative estimate of drug-likeness (QED) is 0.384. The van der Waals surface area contributed by atoms with Crippen molar-refractivity contribution in [3.63, 3.8) is 0 Å². The maximum absolute atomic E-state index is 13.4.